The molecule has 0 aliphatic rings. The molecule has 2 nitrogen and oxygen atoms in total. The highest BCUT2D eigenvalue weighted by Gasteiger charge is 2.15. The first-order valence-corrected chi connectivity index (χ1v) is 8.76. The molecule has 0 aliphatic heterocycles. The number of rotatable bonds is 4. The molecule has 2 aromatic carbocycles. The first kappa shape index (κ1) is 16.3. The number of benzene rings is 2. The third-order valence-electron chi connectivity index (χ3n) is 2.87. The molecule has 0 radical (unpaired) electrons. The van der Waals surface area contributed by atoms with Crippen molar-refractivity contribution in [3.05, 3.63) is 53.1 Å². The lowest BCUT2D eigenvalue weighted by Gasteiger charge is -2.14. The molecule has 2 rings (SSSR count). The molecule has 0 aliphatic carbocycles. The van der Waals surface area contributed by atoms with Crippen molar-refractivity contribution in [2.24, 2.45) is 0 Å². The molecule has 110 valence electrons. The van der Waals surface area contributed by atoms with Crippen LogP contribution in [0.15, 0.2) is 57.2 Å². The average molecular weight is 338 g/mol. The molecule has 0 N–H and O–H groups in total. The van der Waals surface area contributed by atoms with Gasteiger partial charge in [0.05, 0.1) is 5.56 Å². The van der Waals surface area contributed by atoms with Crippen LogP contribution in [0.3, 0.4) is 0 Å². The van der Waals surface area contributed by atoms with Crippen molar-refractivity contribution in [3.8, 4) is 0 Å². The molecule has 0 spiro atoms. The van der Waals surface area contributed by atoms with Crippen LogP contribution in [0.2, 0.25) is 5.02 Å². The van der Waals surface area contributed by atoms with E-state index in [4.69, 9.17) is 11.6 Å². The van der Waals surface area contributed by atoms with E-state index in [0.29, 0.717) is 10.6 Å². The predicted octanol–water partition coefficient (Wildman–Crippen LogP) is 4.91. The van der Waals surface area contributed by atoms with Crippen molar-refractivity contribution in [1.82, 2.24) is 4.90 Å². The van der Waals surface area contributed by atoms with Crippen LogP contribution in [-0.4, -0.2) is 31.2 Å². The van der Waals surface area contributed by atoms with E-state index in [1.54, 1.807) is 48.6 Å². The summed E-state index contributed by atoms with van der Waals surface area (Å²) >= 11 is 9.31. The first-order chi connectivity index (χ1) is 10.0. The van der Waals surface area contributed by atoms with Gasteiger partial charge in [0.2, 0.25) is 0 Å². The fraction of sp³-hybridized carbons (Fsp3) is 0.188. The van der Waals surface area contributed by atoms with E-state index in [-0.39, 0.29) is 5.91 Å². The third-order valence-corrected chi connectivity index (χ3v) is 4.93. The Morgan fingerprint density at radius 3 is 2.24 bits per heavy atom. The van der Waals surface area contributed by atoms with Gasteiger partial charge in [0, 0.05) is 33.8 Å². The number of carbonyl (C=O) groups is 1. The molecule has 21 heavy (non-hydrogen) atoms. The second-order valence-electron chi connectivity index (χ2n) is 4.62. The Labute approximate surface area is 138 Å². The monoisotopic (exact) mass is 337 g/mol. The highest BCUT2D eigenvalue weighted by atomic mass is 35.5. The van der Waals surface area contributed by atoms with Gasteiger partial charge < -0.3 is 4.90 Å². The summed E-state index contributed by atoms with van der Waals surface area (Å²) in [4.78, 5) is 17.1. The predicted molar refractivity (Wildman–Crippen MR) is 91.8 cm³/mol. The van der Waals surface area contributed by atoms with Gasteiger partial charge in [-0.1, -0.05) is 23.4 Å². The Bertz CT molecular complexity index is 641. The van der Waals surface area contributed by atoms with Gasteiger partial charge in [-0.3, -0.25) is 4.79 Å². The molecule has 0 unspecified atom stereocenters. The molecule has 0 fully saturated rings. The van der Waals surface area contributed by atoms with Crippen molar-refractivity contribution >= 4 is 41.0 Å². The summed E-state index contributed by atoms with van der Waals surface area (Å²) in [6.07, 6.45) is 2.05. The third kappa shape index (κ3) is 4.19. The summed E-state index contributed by atoms with van der Waals surface area (Å²) < 4.78 is 0. The lowest BCUT2D eigenvalue weighted by atomic mass is 10.2. The van der Waals surface area contributed by atoms with Crippen LogP contribution in [-0.2, 0) is 0 Å². The quantitative estimate of drug-likeness (QED) is 0.739. The van der Waals surface area contributed by atoms with Crippen LogP contribution in [0.4, 0.5) is 0 Å². The van der Waals surface area contributed by atoms with Gasteiger partial charge in [0.1, 0.15) is 0 Å². The van der Waals surface area contributed by atoms with Crippen LogP contribution in [0, 0.1) is 0 Å². The number of hydrogen-bond donors (Lipinski definition) is 0. The zero-order chi connectivity index (χ0) is 15.4. The Morgan fingerprint density at radius 2 is 1.67 bits per heavy atom. The number of hydrogen-bond acceptors (Lipinski definition) is 3. The van der Waals surface area contributed by atoms with Gasteiger partial charge in [0.15, 0.2) is 0 Å². The second-order valence-corrected chi connectivity index (χ2v) is 7.05. The van der Waals surface area contributed by atoms with E-state index in [9.17, 15) is 4.79 Å². The van der Waals surface area contributed by atoms with E-state index < -0.39 is 0 Å². The molecule has 0 atom stereocenters. The number of amides is 1. The Hall–Kier alpha value is -1.10. The molecule has 5 heteroatoms. The molecule has 0 heterocycles. The SMILES string of the molecule is CSc1ccc(Sc2ccc(Cl)cc2C(=O)N(C)C)cc1. The molecular weight excluding hydrogens is 322 g/mol. The fourth-order valence-electron chi connectivity index (χ4n) is 1.77. The van der Waals surface area contributed by atoms with Crippen LogP contribution < -0.4 is 0 Å². The Kier molecular flexibility index (Phi) is 5.62. The molecule has 0 saturated carbocycles. The molecule has 0 aromatic heterocycles. The van der Waals surface area contributed by atoms with Crippen LogP contribution in [0.1, 0.15) is 10.4 Å². The average Bonchev–Trinajstić information content (AvgIpc) is 2.49. The summed E-state index contributed by atoms with van der Waals surface area (Å²) in [5.41, 5.74) is 0.631. The molecule has 0 bridgehead atoms. The molecule has 2 aromatic rings. The zero-order valence-corrected chi connectivity index (χ0v) is 14.5. The van der Waals surface area contributed by atoms with Crippen molar-refractivity contribution in [2.75, 3.05) is 20.4 Å². The fourth-order valence-corrected chi connectivity index (χ4v) is 3.27. The minimum Gasteiger partial charge on any atom is -0.345 e. The van der Waals surface area contributed by atoms with Crippen molar-refractivity contribution < 1.29 is 4.79 Å². The minimum atomic E-state index is -0.0410. The van der Waals surface area contributed by atoms with E-state index >= 15 is 0 Å². The lowest BCUT2D eigenvalue weighted by Crippen LogP contribution is -2.22. The summed E-state index contributed by atoms with van der Waals surface area (Å²) in [5, 5.41) is 0.572. The number of halogens is 1. The summed E-state index contributed by atoms with van der Waals surface area (Å²) in [6, 6.07) is 13.7. The van der Waals surface area contributed by atoms with Crippen LogP contribution >= 0.6 is 35.1 Å². The smallest absolute Gasteiger partial charge is 0.254 e. The van der Waals surface area contributed by atoms with E-state index in [1.165, 1.54) is 4.90 Å². The van der Waals surface area contributed by atoms with E-state index in [0.717, 1.165) is 9.79 Å². The van der Waals surface area contributed by atoms with E-state index in [1.807, 2.05) is 12.1 Å². The van der Waals surface area contributed by atoms with Gasteiger partial charge in [-0.15, -0.1) is 11.8 Å². The Balaban J connectivity index is 2.32. The summed E-state index contributed by atoms with van der Waals surface area (Å²) in [5.74, 6) is -0.0410. The largest absolute Gasteiger partial charge is 0.345 e. The van der Waals surface area contributed by atoms with Crippen molar-refractivity contribution in [1.29, 1.82) is 0 Å². The van der Waals surface area contributed by atoms with Crippen LogP contribution in [0.25, 0.3) is 0 Å². The number of nitrogens with zero attached hydrogens (tertiary/aromatic N) is 1. The van der Waals surface area contributed by atoms with Gasteiger partial charge in [-0.25, -0.2) is 0 Å². The standard InChI is InChI=1S/C16H16ClNOS2/c1-18(2)16(19)14-10-11(17)4-9-15(14)21-13-7-5-12(20-3)6-8-13/h4-10H,1-3H3. The van der Waals surface area contributed by atoms with Gasteiger partial charge in [0.25, 0.3) is 5.91 Å². The normalized spacial score (nSPS) is 10.5. The number of thioether (sulfide) groups is 1. The minimum absolute atomic E-state index is 0.0410. The maximum atomic E-state index is 12.3. The molecule has 0 saturated heterocycles. The van der Waals surface area contributed by atoms with Crippen molar-refractivity contribution in [2.45, 2.75) is 14.7 Å². The second kappa shape index (κ2) is 7.25. The van der Waals surface area contributed by atoms with Gasteiger partial charge in [-0.05, 0) is 48.7 Å². The lowest BCUT2D eigenvalue weighted by molar-refractivity contribution is 0.0824. The Morgan fingerprint density at radius 1 is 1.05 bits per heavy atom. The van der Waals surface area contributed by atoms with Crippen molar-refractivity contribution in [3.63, 3.8) is 0 Å². The molecule has 1 amide bonds. The topological polar surface area (TPSA) is 20.3 Å². The zero-order valence-electron chi connectivity index (χ0n) is 12.1. The maximum absolute atomic E-state index is 12.3. The van der Waals surface area contributed by atoms with Gasteiger partial charge >= 0.3 is 0 Å². The summed E-state index contributed by atoms with van der Waals surface area (Å²) in [6.45, 7) is 0. The summed E-state index contributed by atoms with van der Waals surface area (Å²) in [7, 11) is 3.48. The number of carbonyl (C=O) groups excluding carboxylic acids is 1. The van der Waals surface area contributed by atoms with E-state index in [2.05, 4.69) is 30.5 Å². The first-order valence-electron chi connectivity index (χ1n) is 6.34. The van der Waals surface area contributed by atoms with Crippen LogP contribution in [0.5, 0.6) is 0 Å². The highest BCUT2D eigenvalue weighted by Crippen LogP contribution is 2.33. The molecular formula is C16H16ClNOS2. The van der Waals surface area contributed by atoms with Gasteiger partial charge in [-0.2, -0.15) is 0 Å². The maximum Gasteiger partial charge on any atom is 0.254 e. The highest BCUT2D eigenvalue weighted by molar-refractivity contribution is 7.99.